The maximum Gasteiger partial charge on any atom is 0.373 e. The zero-order valence-electron chi connectivity index (χ0n) is 14.3. The van der Waals surface area contributed by atoms with Crippen molar-refractivity contribution >= 4 is 5.97 Å². The summed E-state index contributed by atoms with van der Waals surface area (Å²) in [5, 5.41) is 0. The predicted molar refractivity (Wildman–Crippen MR) is 86.2 cm³/mol. The lowest BCUT2D eigenvalue weighted by Crippen LogP contribution is -2.23. The molecule has 0 atom stereocenters. The Kier molecular flexibility index (Phi) is 7.56. The maximum atomic E-state index is 11.9. The molecule has 1 radical (unpaired) electrons. The second kappa shape index (κ2) is 8.91. The molecule has 0 spiro atoms. The Morgan fingerprint density at radius 2 is 1.73 bits per heavy atom. The van der Waals surface area contributed by atoms with E-state index in [1.807, 2.05) is 32.9 Å². The molecule has 0 saturated carbocycles. The van der Waals surface area contributed by atoms with Gasteiger partial charge in [0.1, 0.15) is 0 Å². The quantitative estimate of drug-likeness (QED) is 0.524. The van der Waals surface area contributed by atoms with E-state index in [2.05, 4.69) is 6.92 Å². The SMILES string of the molecule is CCCCc1ccc(C(=O)OO[C](C)COC(C)(C)C)cc1. The fraction of sp³-hybridized carbons (Fsp3) is 0.556. The fourth-order valence-electron chi connectivity index (χ4n) is 1.69. The minimum absolute atomic E-state index is 0.261. The number of aryl methyl sites for hydroxylation is 1. The van der Waals surface area contributed by atoms with Gasteiger partial charge in [-0.15, -0.1) is 0 Å². The van der Waals surface area contributed by atoms with Gasteiger partial charge in [-0.05, 0) is 58.2 Å². The normalized spacial score (nSPS) is 11.7. The van der Waals surface area contributed by atoms with Gasteiger partial charge in [0, 0.05) is 0 Å². The number of rotatable bonds is 8. The molecule has 0 N–H and O–H groups in total. The van der Waals surface area contributed by atoms with E-state index in [-0.39, 0.29) is 12.2 Å². The lowest BCUT2D eigenvalue weighted by Gasteiger charge is -2.21. The van der Waals surface area contributed by atoms with Crippen molar-refractivity contribution in [3.8, 4) is 0 Å². The molecule has 0 aliphatic heterocycles. The number of ether oxygens (including phenoxy) is 1. The number of hydrogen-bond donors (Lipinski definition) is 0. The Hall–Kier alpha value is -1.39. The number of hydrogen-bond acceptors (Lipinski definition) is 4. The number of carbonyl (C=O) groups excluding carboxylic acids is 1. The van der Waals surface area contributed by atoms with Crippen LogP contribution in [-0.2, 0) is 20.9 Å². The highest BCUT2D eigenvalue weighted by atomic mass is 17.2. The van der Waals surface area contributed by atoms with Gasteiger partial charge < -0.3 is 4.74 Å². The first-order chi connectivity index (χ1) is 10.3. The van der Waals surface area contributed by atoms with Crippen molar-refractivity contribution in [2.75, 3.05) is 6.61 Å². The molecule has 4 nitrogen and oxygen atoms in total. The zero-order chi connectivity index (χ0) is 16.6. The average Bonchev–Trinajstić information content (AvgIpc) is 2.48. The summed E-state index contributed by atoms with van der Waals surface area (Å²) in [5.41, 5.74) is 1.44. The summed E-state index contributed by atoms with van der Waals surface area (Å²) >= 11 is 0. The monoisotopic (exact) mass is 307 g/mol. The standard InChI is InChI=1S/C18H27O4/c1-6-7-8-15-9-11-16(12-10-15)17(19)22-21-14(2)13-20-18(3,4)5/h9-12H,6-8,13H2,1-5H3. The molecular weight excluding hydrogens is 280 g/mol. The van der Waals surface area contributed by atoms with Crippen molar-refractivity contribution < 1.29 is 19.3 Å². The topological polar surface area (TPSA) is 44.8 Å². The second-order valence-corrected chi connectivity index (χ2v) is 6.36. The van der Waals surface area contributed by atoms with Gasteiger partial charge in [0.25, 0.3) is 0 Å². The van der Waals surface area contributed by atoms with Crippen LogP contribution in [0.25, 0.3) is 0 Å². The highest BCUT2D eigenvalue weighted by Gasteiger charge is 2.16. The van der Waals surface area contributed by atoms with E-state index in [1.165, 1.54) is 5.56 Å². The van der Waals surface area contributed by atoms with Crippen molar-refractivity contribution in [2.45, 2.75) is 59.5 Å². The van der Waals surface area contributed by atoms with Crippen LogP contribution in [0.15, 0.2) is 24.3 Å². The van der Waals surface area contributed by atoms with Crippen LogP contribution >= 0.6 is 0 Å². The Bertz CT molecular complexity index is 445. The van der Waals surface area contributed by atoms with Gasteiger partial charge in [-0.3, -0.25) is 4.89 Å². The molecule has 123 valence electrons. The molecule has 0 saturated heterocycles. The summed E-state index contributed by atoms with van der Waals surface area (Å²) in [4.78, 5) is 21.7. The van der Waals surface area contributed by atoms with Crippen molar-refractivity contribution in [3.05, 3.63) is 41.5 Å². The Labute approximate surface area is 133 Å². The summed E-state index contributed by atoms with van der Waals surface area (Å²) < 4.78 is 5.53. The molecule has 1 aromatic rings. The van der Waals surface area contributed by atoms with Crippen molar-refractivity contribution in [1.82, 2.24) is 0 Å². The van der Waals surface area contributed by atoms with Crippen LogP contribution in [0.1, 0.15) is 63.4 Å². The van der Waals surface area contributed by atoms with Crippen LogP contribution in [0.4, 0.5) is 0 Å². The fourth-order valence-corrected chi connectivity index (χ4v) is 1.69. The van der Waals surface area contributed by atoms with Crippen molar-refractivity contribution in [2.24, 2.45) is 0 Å². The molecule has 0 unspecified atom stereocenters. The van der Waals surface area contributed by atoms with Crippen molar-refractivity contribution in [1.29, 1.82) is 0 Å². The summed E-state index contributed by atoms with van der Waals surface area (Å²) in [6, 6.07) is 7.42. The van der Waals surface area contributed by atoms with Crippen LogP contribution in [-0.4, -0.2) is 18.2 Å². The van der Waals surface area contributed by atoms with Crippen LogP contribution in [0.3, 0.4) is 0 Å². The van der Waals surface area contributed by atoms with Gasteiger partial charge in [0.15, 0.2) is 6.10 Å². The van der Waals surface area contributed by atoms with Crippen LogP contribution < -0.4 is 0 Å². The molecule has 0 amide bonds. The predicted octanol–water partition coefficient (Wildman–Crippen LogP) is 4.48. The molecule has 0 aliphatic rings. The number of unbranched alkanes of at least 4 members (excludes halogenated alkanes) is 1. The molecule has 0 aliphatic carbocycles. The maximum absolute atomic E-state index is 11.9. The molecule has 4 heteroatoms. The van der Waals surface area contributed by atoms with Gasteiger partial charge >= 0.3 is 5.97 Å². The molecule has 0 heterocycles. The van der Waals surface area contributed by atoms with E-state index in [0.29, 0.717) is 11.7 Å². The molecule has 22 heavy (non-hydrogen) atoms. The highest BCUT2D eigenvalue weighted by molar-refractivity contribution is 5.88. The van der Waals surface area contributed by atoms with Crippen molar-refractivity contribution in [3.63, 3.8) is 0 Å². The molecule has 0 bridgehead atoms. The zero-order valence-corrected chi connectivity index (χ0v) is 14.3. The molecule has 1 aromatic carbocycles. The van der Waals surface area contributed by atoms with E-state index in [0.717, 1.165) is 19.3 Å². The van der Waals surface area contributed by atoms with Crippen LogP contribution in [0.2, 0.25) is 0 Å². The van der Waals surface area contributed by atoms with E-state index >= 15 is 0 Å². The molecule has 1 rings (SSSR count). The summed E-state index contributed by atoms with van der Waals surface area (Å²) in [6.07, 6.45) is 3.83. The van der Waals surface area contributed by atoms with Gasteiger partial charge in [0.2, 0.25) is 0 Å². The minimum Gasteiger partial charge on any atom is -0.373 e. The van der Waals surface area contributed by atoms with Crippen LogP contribution in [0.5, 0.6) is 0 Å². The Morgan fingerprint density at radius 3 is 2.27 bits per heavy atom. The van der Waals surface area contributed by atoms with Gasteiger partial charge in [0.05, 0.1) is 17.8 Å². The number of carbonyl (C=O) groups is 1. The van der Waals surface area contributed by atoms with E-state index in [1.54, 1.807) is 19.1 Å². The van der Waals surface area contributed by atoms with Crippen LogP contribution in [0, 0.1) is 6.10 Å². The first-order valence-electron chi connectivity index (χ1n) is 7.76. The Morgan fingerprint density at radius 1 is 1.09 bits per heavy atom. The van der Waals surface area contributed by atoms with E-state index in [4.69, 9.17) is 14.5 Å². The molecular formula is C18H27O4. The smallest absolute Gasteiger partial charge is 0.373 e. The highest BCUT2D eigenvalue weighted by Crippen LogP contribution is 2.13. The third-order valence-corrected chi connectivity index (χ3v) is 2.98. The Balaban J connectivity index is 2.38. The number of benzene rings is 1. The minimum atomic E-state index is -0.503. The van der Waals surface area contributed by atoms with E-state index < -0.39 is 5.97 Å². The first kappa shape index (κ1) is 18.7. The van der Waals surface area contributed by atoms with E-state index in [9.17, 15) is 4.79 Å². The summed E-state index contributed by atoms with van der Waals surface area (Å²) in [5.74, 6) is -0.503. The molecule has 0 aromatic heterocycles. The first-order valence-corrected chi connectivity index (χ1v) is 7.76. The van der Waals surface area contributed by atoms with Gasteiger partial charge in [-0.1, -0.05) is 25.5 Å². The third kappa shape index (κ3) is 7.57. The lowest BCUT2D eigenvalue weighted by molar-refractivity contribution is -0.242. The largest absolute Gasteiger partial charge is 0.373 e. The molecule has 0 fully saturated rings. The van der Waals surface area contributed by atoms with Gasteiger partial charge in [-0.25, -0.2) is 4.79 Å². The summed E-state index contributed by atoms with van der Waals surface area (Å²) in [6.45, 7) is 10.0. The average molecular weight is 307 g/mol. The third-order valence-electron chi connectivity index (χ3n) is 2.98. The second-order valence-electron chi connectivity index (χ2n) is 6.36. The lowest BCUT2D eigenvalue weighted by atomic mass is 10.1. The van der Waals surface area contributed by atoms with Gasteiger partial charge in [-0.2, -0.15) is 4.89 Å². The summed E-state index contributed by atoms with van der Waals surface area (Å²) in [7, 11) is 0.